The second-order valence-corrected chi connectivity index (χ2v) is 6.80. The van der Waals surface area contributed by atoms with Gasteiger partial charge in [-0.05, 0) is 38.4 Å². The fourth-order valence-electron chi connectivity index (χ4n) is 2.57. The predicted octanol–water partition coefficient (Wildman–Crippen LogP) is 2.19. The molecule has 0 spiro atoms. The van der Waals surface area contributed by atoms with Gasteiger partial charge < -0.3 is 9.84 Å². The quantitative estimate of drug-likeness (QED) is 0.896. The Balaban J connectivity index is 1.90. The van der Waals surface area contributed by atoms with Crippen LogP contribution in [0.1, 0.15) is 52.3 Å². The van der Waals surface area contributed by atoms with Crippen molar-refractivity contribution < 1.29 is 4.52 Å². The molecule has 1 aliphatic heterocycles. The number of hydrogen-bond donors (Lipinski definition) is 1. The molecule has 1 aliphatic rings. The van der Waals surface area contributed by atoms with Crippen molar-refractivity contribution in [2.24, 2.45) is 5.92 Å². The molecule has 0 radical (unpaired) electrons. The van der Waals surface area contributed by atoms with Crippen LogP contribution < -0.4 is 5.32 Å². The molecule has 0 amide bonds. The summed E-state index contributed by atoms with van der Waals surface area (Å²) in [4.78, 5) is 6.93. The van der Waals surface area contributed by atoms with E-state index in [2.05, 4.69) is 48.1 Å². The Bertz CT molecular complexity index is 404. The topological polar surface area (TPSA) is 54.2 Å². The SMILES string of the molecule is CCN(Cc1nc(C(C)(C)C)no1)CC1CCCNC1. The van der Waals surface area contributed by atoms with Gasteiger partial charge in [-0.2, -0.15) is 4.98 Å². The van der Waals surface area contributed by atoms with E-state index in [1.165, 1.54) is 19.4 Å². The van der Waals surface area contributed by atoms with E-state index in [0.717, 1.165) is 43.8 Å². The van der Waals surface area contributed by atoms with Gasteiger partial charge in [0.1, 0.15) is 0 Å². The third-order valence-corrected chi connectivity index (χ3v) is 3.86. The predicted molar refractivity (Wildman–Crippen MR) is 79.5 cm³/mol. The van der Waals surface area contributed by atoms with Gasteiger partial charge in [0.15, 0.2) is 5.82 Å². The zero-order valence-corrected chi connectivity index (χ0v) is 13.3. The molecule has 20 heavy (non-hydrogen) atoms. The first-order chi connectivity index (χ1) is 9.49. The molecule has 1 aromatic rings. The Morgan fingerprint density at radius 2 is 2.20 bits per heavy atom. The monoisotopic (exact) mass is 280 g/mol. The van der Waals surface area contributed by atoms with E-state index >= 15 is 0 Å². The summed E-state index contributed by atoms with van der Waals surface area (Å²) in [7, 11) is 0. The first kappa shape index (κ1) is 15.4. The molecule has 1 unspecified atom stereocenters. The smallest absolute Gasteiger partial charge is 0.240 e. The van der Waals surface area contributed by atoms with Crippen LogP contribution in [-0.2, 0) is 12.0 Å². The molecule has 1 N–H and O–H groups in total. The number of piperidine rings is 1. The van der Waals surface area contributed by atoms with Crippen molar-refractivity contribution in [1.82, 2.24) is 20.4 Å². The Morgan fingerprint density at radius 3 is 2.75 bits per heavy atom. The lowest BCUT2D eigenvalue weighted by atomic mass is 9.96. The highest BCUT2D eigenvalue weighted by molar-refractivity contribution is 4.99. The van der Waals surface area contributed by atoms with Crippen LogP contribution >= 0.6 is 0 Å². The minimum atomic E-state index is -0.0495. The van der Waals surface area contributed by atoms with Crippen molar-refractivity contribution >= 4 is 0 Å². The summed E-state index contributed by atoms with van der Waals surface area (Å²) in [6, 6.07) is 0. The van der Waals surface area contributed by atoms with Gasteiger partial charge in [0, 0.05) is 12.0 Å². The lowest BCUT2D eigenvalue weighted by Gasteiger charge is -2.28. The van der Waals surface area contributed by atoms with E-state index in [1.54, 1.807) is 0 Å². The number of nitrogens with one attached hydrogen (secondary N) is 1. The molecule has 2 heterocycles. The van der Waals surface area contributed by atoms with Crippen LogP contribution in [-0.4, -0.2) is 41.2 Å². The van der Waals surface area contributed by atoms with E-state index in [-0.39, 0.29) is 5.41 Å². The van der Waals surface area contributed by atoms with Gasteiger partial charge in [-0.15, -0.1) is 0 Å². The molecule has 0 bridgehead atoms. The van der Waals surface area contributed by atoms with Crippen molar-refractivity contribution in [1.29, 1.82) is 0 Å². The van der Waals surface area contributed by atoms with Gasteiger partial charge in [0.05, 0.1) is 6.54 Å². The average Bonchev–Trinajstić information content (AvgIpc) is 2.87. The average molecular weight is 280 g/mol. The summed E-state index contributed by atoms with van der Waals surface area (Å²) in [6.45, 7) is 13.7. The zero-order valence-electron chi connectivity index (χ0n) is 13.3. The second-order valence-electron chi connectivity index (χ2n) is 6.80. The summed E-state index contributed by atoms with van der Waals surface area (Å²) in [5.41, 5.74) is -0.0495. The normalized spacial score (nSPS) is 20.6. The first-order valence-corrected chi connectivity index (χ1v) is 7.75. The van der Waals surface area contributed by atoms with E-state index in [1.807, 2.05) is 0 Å². The number of rotatable bonds is 5. The van der Waals surface area contributed by atoms with Crippen LogP contribution in [0.3, 0.4) is 0 Å². The summed E-state index contributed by atoms with van der Waals surface area (Å²) in [5.74, 6) is 2.28. The minimum absolute atomic E-state index is 0.0495. The summed E-state index contributed by atoms with van der Waals surface area (Å²) in [6.07, 6.45) is 2.61. The summed E-state index contributed by atoms with van der Waals surface area (Å²) < 4.78 is 5.39. The molecule has 0 aromatic carbocycles. The van der Waals surface area contributed by atoms with Crippen molar-refractivity contribution in [3.05, 3.63) is 11.7 Å². The second kappa shape index (κ2) is 6.68. The lowest BCUT2D eigenvalue weighted by Crippen LogP contribution is -2.38. The van der Waals surface area contributed by atoms with Crippen LogP contribution in [0.2, 0.25) is 0 Å². The third kappa shape index (κ3) is 4.28. The third-order valence-electron chi connectivity index (χ3n) is 3.86. The molecule has 2 rings (SSSR count). The largest absolute Gasteiger partial charge is 0.338 e. The molecule has 1 aromatic heterocycles. The van der Waals surface area contributed by atoms with Crippen molar-refractivity contribution in [3.8, 4) is 0 Å². The van der Waals surface area contributed by atoms with Crippen molar-refractivity contribution in [2.75, 3.05) is 26.2 Å². The molecule has 1 saturated heterocycles. The highest BCUT2D eigenvalue weighted by Gasteiger charge is 2.22. The van der Waals surface area contributed by atoms with Gasteiger partial charge in [-0.1, -0.05) is 32.9 Å². The number of nitrogens with zero attached hydrogens (tertiary/aromatic N) is 3. The molecular formula is C15H28N4O. The maximum absolute atomic E-state index is 5.39. The van der Waals surface area contributed by atoms with Gasteiger partial charge in [0.25, 0.3) is 0 Å². The van der Waals surface area contributed by atoms with E-state index in [4.69, 9.17) is 4.52 Å². The maximum atomic E-state index is 5.39. The van der Waals surface area contributed by atoms with Crippen molar-refractivity contribution in [2.45, 2.75) is 52.5 Å². The van der Waals surface area contributed by atoms with E-state index < -0.39 is 0 Å². The van der Waals surface area contributed by atoms with Gasteiger partial charge in [0.2, 0.25) is 5.89 Å². The van der Waals surface area contributed by atoms with E-state index in [0.29, 0.717) is 0 Å². The van der Waals surface area contributed by atoms with Crippen LogP contribution in [0.5, 0.6) is 0 Å². The van der Waals surface area contributed by atoms with E-state index in [9.17, 15) is 0 Å². The Labute approximate surface area is 122 Å². The fourth-order valence-corrected chi connectivity index (χ4v) is 2.57. The first-order valence-electron chi connectivity index (χ1n) is 7.75. The van der Waals surface area contributed by atoms with Crippen LogP contribution in [0.25, 0.3) is 0 Å². The molecule has 0 aliphatic carbocycles. The maximum Gasteiger partial charge on any atom is 0.240 e. The molecule has 1 atom stereocenters. The minimum Gasteiger partial charge on any atom is -0.338 e. The summed E-state index contributed by atoms with van der Waals surface area (Å²) in [5, 5.41) is 7.57. The molecule has 0 saturated carbocycles. The highest BCUT2D eigenvalue weighted by Crippen LogP contribution is 2.19. The highest BCUT2D eigenvalue weighted by atomic mass is 16.5. The Morgan fingerprint density at radius 1 is 1.40 bits per heavy atom. The van der Waals surface area contributed by atoms with Crippen LogP contribution in [0, 0.1) is 5.92 Å². The molecule has 5 nitrogen and oxygen atoms in total. The fraction of sp³-hybridized carbons (Fsp3) is 0.867. The van der Waals surface area contributed by atoms with Crippen LogP contribution in [0.4, 0.5) is 0 Å². The Hall–Kier alpha value is -0.940. The van der Waals surface area contributed by atoms with Crippen molar-refractivity contribution in [3.63, 3.8) is 0 Å². The standard InChI is InChI=1S/C15H28N4O/c1-5-19(10-12-7-6-8-16-9-12)11-13-17-14(18-20-13)15(2,3)4/h12,16H,5-11H2,1-4H3. The molecular weight excluding hydrogens is 252 g/mol. The number of hydrogen-bond acceptors (Lipinski definition) is 5. The molecule has 5 heteroatoms. The molecule has 1 fully saturated rings. The van der Waals surface area contributed by atoms with Gasteiger partial charge in [-0.3, -0.25) is 4.90 Å². The van der Waals surface area contributed by atoms with Gasteiger partial charge >= 0.3 is 0 Å². The van der Waals surface area contributed by atoms with Gasteiger partial charge in [-0.25, -0.2) is 0 Å². The lowest BCUT2D eigenvalue weighted by molar-refractivity contribution is 0.187. The molecule has 114 valence electrons. The summed E-state index contributed by atoms with van der Waals surface area (Å²) >= 11 is 0. The Kier molecular flexibility index (Phi) is 5.16. The number of aromatic nitrogens is 2. The van der Waals surface area contributed by atoms with Crippen LogP contribution in [0.15, 0.2) is 4.52 Å². The zero-order chi connectivity index (χ0) is 14.6.